The Balaban J connectivity index is 2.01. The monoisotopic (exact) mass is 359 g/mol. The maximum atomic E-state index is 13.9. The van der Waals surface area contributed by atoms with Gasteiger partial charge in [0.05, 0.1) is 18.2 Å². The first-order chi connectivity index (χ1) is 13.0. The van der Waals surface area contributed by atoms with Gasteiger partial charge in [-0.3, -0.25) is 0 Å². The van der Waals surface area contributed by atoms with Crippen LogP contribution in [0.2, 0.25) is 0 Å². The Morgan fingerprint density at radius 1 is 1.15 bits per heavy atom. The molecule has 1 fully saturated rings. The Morgan fingerprint density at radius 3 is 2.56 bits per heavy atom. The Bertz CT molecular complexity index is 1040. The number of carboxylic acids is 1. The molecule has 2 aromatic rings. The number of anilines is 1. The van der Waals surface area contributed by atoms with Crippen LogP contribution < -0.4 is 4.90 Å². The molecule has 5 nitrogen and oxygen atoms in total. The van der Waals surface area contributed by atoms with Gasteiger partial charge in [-0.1, -0.05) is 42.5 Å². The van der Waals surface area contributed by atoms with Gasteiger partial charge in [-0.15, -0.1) is 0 Å². The van der Waals surface area contributed by atoms with E-state index in [1.807, 2.05) is 12.1 Å². The summed E-state index contributed by atoms with van der Waals surface area (Å²) in [5.41, 5.74) is 0.113. The Morgan fingerprint density at radius 2 is 1.89 bits per heavy atom. The number of aliphatic carboxylic acids is 1. The zero-order valence-electron chi connectivity index (χ0n) is 14.1. The second-order valence-corrected chi connectivity index (χ2v) is 6.68. The molecule has 2 aliphatic rings. The number of para-hydroxylation sites is 1. The molecule has 0 aromatic heterocycles. The van der Waals surface area contributed by atoms with Crippen LogP contribution in [0.15, 0.2) is 54.6 Å². The molecule has 27 heavy (non-hydrogen) atoms. The lowest BCUT2D eigenvalue weighted by Gasteiger charge is -2.34. The molecule has 1 N–H and O–H groups in total. The van der Waals surface area contributed by atoms with E-state index in [9.17, 15) is 24.8 Å². The highest BCUT2D eigenvalue weighted by atomic mass is 19.1. The molecule has 0 spiro atoms. The highest BCUT2D eigenvalue weighted by molar-refractivity contribution is 5.87. The highest BCUT2D eigenvalue weighted by Gasteiger charge is 2.63. The summed E-state index contributed by atoms with van der Waals surface area (Å²) >= 11 is 0. The van der Waals surface area contributed by atoms with Crippen LogP contribution >= 0.6 is 0 Å². The van der Waals surface area contributed by atoms with Crippen molar-refractivity contribution in [3.63, 3.8) is 0 Å². The van der Waals surface area contributed by atoms with E-state index in [0.29, 0.717) is 11.3 Å². The van der Waals surface area contributed by atoms with E-state index >= 15 is 0 Å². The SMILES string of the molecule is N#CC1(C#N)[C@H](c2cccc(F)c2)[C@@H](C(=O)O)N2c3ccccc3C=C[C@@H]21. The van der Waals surface area contributed by atoms with E-state index in [4.69, 9.17) is 0 Å². The van der Waals surface area contributed by atoms with Gasteiger partial charge in [0.15, 0.2) is 5.41 Å². The van der Waals surface area contributed by atoms with Crippen molar-refractivity contribution in [1.82, 2.24) is 0 Å². The highest BCUT2D eigenvalue weighted by Crippen LogP contribution is 2.54. The molecule has 0 aliphatic carbocycles. The molecule has 0 bridgehead atoms. The lowest BCUT2D eigenvalue weighted by atomic mass is 9.70. The number of hydrogen-bond donors (Lipinski definition) is 1. The molecule has 2 aliphatic heterocycles. The molecule has 4 rings (SSSR count). The van der Waals surface area contributed by atoms with Gasteiger partial charge in [0.1, 0.15) is 11.9 Å². The summed E-state index contributed by atoms with van der Waals surface area (Å²) in [5, 5.41) is 30.0. The number of nitriles is 2. The van der Waals surface area contributed by atoms with Crippen LogP contribution in [0, 0.1) is 33.9 Å². The Hall–Kier alpha value is -3.64. The average molecular weight is 359 g/mol. The third-order valence-corrected chi connectivity index (χ3v) is 5.38. The van der Waals surface area contributed by atoms with Crippen molar-refractivity contribution in [2.45, 2.75) is 18.0 Å². The number of carboxylic acid groups (broad SMARTS) is 1. The number of nitrogens with zero attached hydrogens (tertiary/aromatic N) is 3. The minimum atomic E-state index is -1.67. The molecule has 132 valence electrons. The topological polar surface area (TPSA) is 88.1 Å². The molecule has 6 heteroatoms. The number of hydrogen-bond acceptors (Lipinski definition) is 4. The van der Waals surface area contributed by atoms with Crippen molar-refractivity contribution in [3.8, 4) is 12.1 Å². The van der Waals surface area contributed by atoms with Crippen molar-refractivity contribution in [2.24, 2.45) is 5.41 Å². The third kappa shape index (κ3) is 2.24. The summed E-state index contributed by atoms with van der Waals surface area (Å²) in [5.74, 6) is -2.71. The van der Waals surface area contributed by atoms with Crippen LogP contribution in [0.3, 0.4) is 0 Å². The fraction of sp³-hybridized carbons (Fsp3) is 0.190. The molecule has 2 heterocycles. The van der Waals surface area contributed by atoms with Crippen LogP contribution in [-0.4, -0.2) is 23.2 Å². The second kappa shape index (κ2) is 5.96. The number of benzene rings is 2. The average Bonchev–Trinajstić information content (AvgIpc) is 2.99. The Labute approximate surface area is 155 Å². The first kappa shape index (κ1) is 16.8. The van der Waals surface area contributed by atoms with Crippen LogP contribution in [0.5, 0.6) is 0 Å². The van der Waals surface area contributed by atoms with Crippen molar-refractivity contribution < 1.29 is 14.3 Å². The summed E-state index contributed by atoms with van der Waals surface area (Å²) < 4.78 is 13.9. The minimum Gasteiger partial charge on any atom is -0.480 e. The van der Waals surface area contributed by atoms with Gasteiger partial charge in [-0.25, -0.2) is 9.18 Å². The van der Waals surface area contributed by atoms with Gasteiger partial charge in [0.2, 0.25) is 0 Å². The largest absolute Gasteiger partial charge is 0.480 e. The van der Waals surface area contributed by atoms with Crippen molar-refractivity contribution >= 4 is 17.7 Å². The fourth-order valence-electron chi connectivity index (χ4n) is 4.29. The predicted octanol–water partition coefficient (Wildman–Crippen LogP) is 3.31. The molecule has 3 atom stereocenters. The van der Waals surface area contributed by atoms with Gasteiger partial charge in [-0.05, 0) is 29.3 Å². The normalized spacial score (nSPS) is 24.4. The van der Waals surface area contributed by atoms with Crippen molar-refractivity contribution in [3.05, 3.63) is 71.6 Å². The quantitative estimate of drug-likeness (QED) is 0.889. The van der Waals surface area contributed by atoms with Crippen molar-refractivity contribution in [1.29, 1.82) is 10.5 Å². The molecule has 2 aromatic carbocycles. The van der Waals surface area contributed by atoms with E-state index < -0.39 is 35.2 Å². The molecule has 0 saturated carbocycles. The smallest absolute Gasteiger partial charge is 0.327 e. The lowest BCUT2D eigenvalue weighted by Crippen LogP contribution is -2.44. The lowest BCUT2D eigenvalue weighted by molar-refractivity contribution is -0.138. The number of fused-ring (bicyclic) bond motifs is 3. The molecule has 0 unspecified atom stereocenters. The van der Waals surface area contributed by atoms with Gasteiger partial charge in [0.25, 0.3) is 0 Å². The van der Waals surface area contributed by atoms with E-state index in [2.05, 4.69) is 12.1 Å². The van der Waals surface area contributed by atoms with Crippen LogP contribution in [0.4, 0.5) is 10.1 Å². The maximum absolute atomic E-state index is 13.9. The zero-order valence-corrected chi connectivity index (χ0v) is 14.1. The van der Waals surface area contributed by atoms with Gasteiger partial charge >= 0.3 is 5.97 Å². The molecule has 0 amide bonds. The zero-order chi connectivity index (χ0) is 19.2. The summed E-state index contributed by atoms with van der Waals surface area (Å²) in [7, 11) is 0. The minimum absolute atomic E-state index is 0.325. The summed E-state index contributed by atoms with van der Waals surface area (Å²) in [6.07, 6.45) is 3.50. The first-order valence-corrected chi connectivity index (χ1v) is 8.40. The summed E-state index contributed by atoms with van der Waals surface area (Å²) in [6, 6.07) is 14.9. The molecule has 1 saturated heterocycles. The predicted molar refractivity (Wildman–Crippen MR) is 96.0 cm³/mol. The van der Waals surface area contributed by atoms with Crippen molar-refractivity contribution in [2.75, 3.05) is 4.90 Å². The number of carbonyl (C=O) groups is 1. The second-order valence-electron chi connectivity index (χ2n) is 6.68. The molecule has 0 radical (unpaired) electrons. The maximum Gasteiger partial charge on any atom is 0.327 e. The number of halogens is 1. The Kier molecular flexibility index (Phi) is 3.71. The van der Waals surface area contributed by atoms with Gasteiger partial charge < -0.3 is 10.0 Å². The fourth-order valence-corrected chi connectivity index (χ4v) is 4.29. The van der Waals surface area contributed by atoms with Crippen LogP contribution in [0.1, 0.15) is 17.0 Å². The molecular formula is C21H14FN3O2. The van der Waals surface area contributed by atoms with E-state index in [0.717, 1.165) is 5.56 Å². The third-order valence-electron chi connectivity index (χ3n) is 5.38. The first-order valence-electron chi connectivity index (χ1n) is 8.40. The van der Waals surface area contributed by atoms with Crippen LogP contribution in [0.25, 0.3) is 6.08 Å². The summed E-state index contributed by atoms with van der Waals surface area (Å²) in [4.78, 5) is 13.9. The van der Waals surface area contributed by atoms with E-state index in [1.54, 1.807) is 35.3 Å². The van der Waals surface area contributed by atoms with E-state index in [-0.39, 0.29) is 0 Å². The van der Waals surface area contributed by atoms with Gasteiger partial charge in [0, 0.05) is 11.6 Å². The molecular weight excluding hydrogens is 345 g/mol. The van der Waals surface area contributed by atoms with Gasteiger partial charge in [-0.2, -0.15) is 10.5 Å². The summed E-state index contributed by atoms with van der Waals surface area (Å²) in [6.45, 7) is 0. The van der Waals surface area contributed by atoms with Crippen LogP contribution in [-0.2, 0) is 4.79 Å². The number of rotatable bonds is 2. The van der Waals surface area contributed by atoms with E-state index in [1.165, 1.54) is 18.2 Å². The standard InChI is InChI=1S/C21H14FN3O2/c22-15-6-3-5-14(10-15)18-19(20(26)27)25-16-7-2-1-4-13(16)8-9-17(25)21(18,11-23)12-24/h1-10,17-19H,(H,26,27)/t17-,18-,19+/m1/s1.